The predicted octanol–water partition coefficient (Wildman–Crippen LogP) is -0.207. The van der Waals surface area contributed by atoms with E-state index in [9.17, 15) is 9.59 Å². The molecule has 2 amide bonds. The lowest BCUT2D eigenvalue weighted by Gasteiger charge is -2.34. The van der Waals surface area contributed by atoms with Gasteiger partial charge in [-0.2, -0.15) is 5.10 Å². The molecule has 0 unspecified atom stereocenters. The minimum Gasteiger partial charge on any atom is -0.381 e. The fourth-order valence-corrected chi connectivity index (χ4v) is 4.03. The zero-order valence-corrected chi connectivity index (χ0v) is 12.5. The van der Waals surface area contributed by atoms with Crippen molar-refractivity contribution in [2.24, 2.45) is 17.1 Å². The lowest BCUT2D eigenvalue weighted by Crippen LogP contribution is -2.48. The van der Waals surface area contributed by atoms with Crippen molar-refractivity contribution in [3.8, 4) is 0 Å². The van der Waals surface area contributed by atoms with E-state index in [2.05, 4.69) is 5.10 Å². The molecule has 2 atom stereocenters. The number of ether oxygens (including phenoxy) is 1. The number of amides is 2. The minimum absolute atomic E-state index is 0.00263. The van der Waals surface area contributed by atoms with Crippen molar-refractivity contribution in [3.63, 3.8) is 0 Å². The largest absolute Gasteiger partial charge is 0.381 e. The van der Waals surface area contributed by atoms with Crippen LogP contribution in [0.5, 0.6) is 0 Å². The molecule has 2 N–H and O–H groups in total. The molecule has 0 aromatic carbocycles. The van der Waals surface area contributed by atoms with Crippen LogP contribution in [-0.2, 0) is 22.5 Å². The Morgan fingerprint density at radius 3 is 3.05 bits per heavy atom. The number of hydrogen-bond donors (Lipinski definition) is 1. The molecule has 1 aromatic rings. The normalized spacial score (nSPS) is 30.2. The van der Waals surface area contributed by atoms with Gasteiger partial charge in [0, 0.05) is 37.9 Å². The van der Waals surface area contributed by atoms with Gasteiger partial charge in [0.1, 0.15) is 0 Å². The van der Waals surface area contributed by atoms with Gasteiger partial charge in [-0.15, -0.1) is 0 Å². The number of aryl methyl sites for hydroxylation is 2. The molecule has 0 bridgehead atoms. The number of primary amides is 1. The molecule has 3 aliphatic heterocycles. The maximum absolute atomic E-state index is 12.7. The summed E-state index contributed by atoms with van der Waals surface area (Å²) >= 11 is 0. The molecule has 4 heterocycles. The van der Waals surface area contributed by atoms with Crippen molar-refractivity contribution in [1.29, 1.82) is 0 Å². The molecule has 0 saturated carbocycles. The van der Waals surface area contributed by atoms with E-state index in [-0.39, 0.29) is 17.7 Å². The third-order valence-electron chi connectivity index (χ3n) is 5.37. The summed E-state index contributed by atoms with van der Waals surface area (Å²) in [6.07, 6.45) is 2.66. The summed E-state index contributed by atoms with van der Waals surface area (Å²) in [7, 11) is 0. The van der Waals surface area contributed by atoms with Crippen molar-refractivity contribution in [2.75, 3.05) is 26.3 Å². The van der Waals surface area contributed by atoms with Gasteiger partial charge in [-0.3, -0.25) is 14.3 Å². The van der Waals surface area contributed by atoms with Crippen molar-refractivity contribution < 1.29 is 14.3 Å². The van der Waals surface area contributed by atoms with Gasteiger partial charge in [0.15, 0.2) is 5.69 Å². The van der Waals surface area contributed by atoms with Crippen LogP contribution in [0.1, 0.15) is 29.0 Å². The minimum atomic E-state index is -0.629. The molecule has 0 spiro atoms. The number of nitrogens with zero attached hydrogens (tertiary/aromatic N) is 3. The molecule has 2 saturated heterocycles. The lowest BCUT2D eigenvalue weighted by atomic mass is 9.74. The second-order valence-corrected chi connectivity index (χ2v) is 6.58. The van der Waals surface area contributed by atoms with Gasteiger partial charge >= 0.3 is 0 Å². The Hall–Kier alpha value is -1.89. The van der Waals surface area contributed by atoms with Crippen LogP contribution in [0.2, 0.25) is 0 Å². The van der Waals surface area contributed by atoms with Crippen LogP contribution in [-0.4, -0.2) is 52.8 Å². The zero-order chi connectivity index (χ0) is 15.3. The molecule has 2 fully saturated rings. The summed E-state index contributed by atoms with van der Waals surface area (Å²) in [5.74, 6) is -0.419. The number of hydrogen-bond acceptors (Lipinski definition) is 4. The Morgan fingerprint density at radius 1 is 1.45 bits per heavy atom. The molecular formula is C15H20N4O3. The van der Waals surface area contributed by atoms with Gasteiger partial charge in [-0.25, -0.2) is 0 Å². The van der Waals surface area contributed by atoms with Crippen molar-refractivity contribution in [2.45, 2.75) is 25.8 Å². The smallest absolute Gasteiger partial charge is 0.274 e. The molecule has 22 heavy (non-hydrogen) atoms. The van der Waals surface area contributed by atoms with Crippen LogP contribution in [0.4, 0.5) is 0 Å². The second kappa shape index (κ2) is 4.81. The van der Waals surface area contributed by atoms with Gasteiger partial charge in [-0.1, -0.05) is 0 Å². The number of rotatable bonds is 2. The van der Waals surface area contributed by atoms with E-state index >= 15 is 0 Å². The van der Waals surface area contributed by atoms with E-state index in [1.54, 1.807) is 4.90 Å². The number of carbonyl (C=O) groups excluding carboxylic acids is 2. The van der Waals surface area contributed by atoms with Crippen LogP contribution >= 0.6 is 0 Å². The van der Waals surface area contributed by atoms with Gasteiger partial charge in [-0.05, 0) is 25.3 Å². The first kappa shape index (κ1) is 13.8. The highest BCUT2D eigenvalue weighted by molar-refractivity contribution is 5.94. The van der Waals surface area contributed by atoms with Crippen molar-refractivity contribution in [1.82, 2.24) is 14.7 Å². The first-order chi connectivity index (χ1) is 10.6. The van der Waals surface area contributed by atoms with Crippen LogP contribution in [0.3, 0.4) is 0 Å². The van der Waals surface area contributed by atoms with E-state index in [0.717, 1.165) is 25.1 Å². The zero-order valence-electron chi connectivity index (χ0n) is 12.5. The number of likely N-dealkylation sites (tertiary alicyclic amines) is 1. The molecule has 0 aliphatic carbocycles. The molecule has 7 nitrogen and oxygen atoms in total. The third kappa shape index (κ3) is 1.88. The lowest BCUT2D eigenvalue weighted by molar-refractivity contribution is -0.135. The Balaban J connectivity index is 1.58. The summed E-state index contributed by atoms with van der Waals surface area (Å²) in [5.41, 5.74) is 6.62. The molecule has 118 valence electrons. The van der Waals surface area contributed by atoms with Crippen LogP contribution in [0, 0.1) is 11.3 Å². The average molecular weight is 304 g/mol. The highest BCUT2D eigenvalue weighted by atomic mass is 16.5. The van der Waals surface area contributed by atoms with Crippen LogP contribution < -0.4 is 5.73 Å². The molecule has 3 aliphatic rings. The fraction of sp³-hybridized carbons (Fsp3) is 0.667. The van der Waals surface area contributed by atoms with Crippen LogP contribution in [0.25, 0.3) is 0 Å². The van der Waals surface area contributed by atoms with Gasteiger partial charge in [0.05, 0.1) is 12.0 Å². The van der Waals surface area contributed by atoms with E-state index in [1.165, 1.54) is 0 Å². The number of carbonyl (C=O) groups is 2. The maximum Gasteiger partial charge on any atom is 0.274 e. The molecule has 0 radical (unpaired) electrons. The molecule has 1 aromatic heterocycles. The number of nitrogens with two attached hydrogens (primary N) is 1. The highest BCUT2D eigenvalue weighted by Crippen LogP contribution is 2.42. The van der Waals surface area contributed by atoms with Gasteiger partial charge in [0.25, 0.3) is 5.91 Å². The maximum atomic E-state index is 12.7. The summed E-state index contributed by atoms with van der Waals surface area (Å²) in [6.45, 7) is 2.80. The molecular weight excluding hydrogens is 284 g/mol. The average Bonchev–Trinajstić information content (AvgIpc) is 3.18. The standard InChI is InChI=1S/C15H20N4O3/c16-14(21)15-3-5-22-8-10(15)7-18(9-15)13(20)12-6-11-2-1-4-19(11)17-12/h6,10H,1-5,7-9H2,(H2,16,21)/t10-,15+/m1/s1. The first-order valence-electron chi connectivity index (χ1n) is 7.84. The Kier molecular flexibility index (Phi) is 3.00. The summed E-state index contributed by atoms with van der Waals surface area (Å²) < 4.78 is 7.38. The third-order valence-corrected chi connectivity index (χ3v) is 5.37. The Morgan fingerprint density at radius 2 is 2.32 bits per heavy atom. The molecule has 7 heteroatoms. The number of aromatic nitrogens is 2. The summed E-state index contributed by atoms with van der Waals surface area (Å²) in [4.78, 5) is 26.4. The van der Waals surface area contributed by atoms with E-state index < -0.39 is 5.41 Å². The number of fused-ring (bicyclic) bond motifs is 2. The highest BCUT2D eigenvalue weighted by Gasteiger charge is 2.53. The SMILES string of the molecule is NC(=O)[C@]12CCOC[C@H]1CN(C(=O)c1cc3n(n1)CCC3)C2. The van der Waals surface area contributed by atoms with Crippen LogP contribution in [0.15, 0.2) is 6.07 Å². The van der Waals surface area contributed by atoms with E-state index in [1.807, 2.05) is 10.7 Å². The van der Waals surface area contributed by atoms with Crippen molar-refractivity contribution >= 4 is 11.8 Å². The van der Waals surface area contributed by atoms with E-state index in [0.29, 0.717) is 38.4 Å². The molecule has 4 rings (SSSR count). The predicted molar refractivity (Wildman–Crippen MR) is 77.0 cm³/mol. The Bertz CT molecular complexity index is 619. The first-order valence-corrected chi connectivity index (χ1v) is 7.84. The Labute approximate surface area is 128 Å². The van der Waals surface area contributed by atoms with E-state index in [4.69, 9.17) is 10.5 Å². The topological polar surface area (TPSA) is 90.5 Å². The summed E-state index contributed by atoms with van der Waals surface area (Å²) in [5, 5.41) is 4.40. The van der Waals surface area contributed by atoms with Gasteiger partial charge in [0.2, 0.25) is 5.91 Å². The monoisotopic (exact) mass is 304 g/mol. The fourth-order valence-electron chi connectivity index (χ4n) is 4.03. The second-order valence-electron chi connectivity index (χ2n) is 6.58. The van der Waals surface area contributed by atoms with Crippen molar-refractivity contribution in [3.05, 3.63) is 17.5 Å². The summed E-state index contributed by atoms with van der Waals surface area (Å²) in [6, 6.07) is 1.88. The van der Waals surface area contributed by atoms with Gasteiger partial charge < -0.3 is 15.4 Å². The quantitative estimate of drug-likeness (QED) is 0.819.